The molecule has 0 unspecified atom stereocenters. The van der Waals surface area contributed by atoms with Gasteiger partial charge in [-0.05, 0) is 28.1 Å². The van der Waals surface area contributed by atoms with Crippen molar-refractivity contribution < 1.29 is 0 Å². The summed E-state index contributed by atoms with van der Waals surface area (Å²) in [5, 5.41) is 6.81. The molecule has 0 radical (unpaired) electrons. The van der Waals surface area contributed by atoms with Crippen LogP contribution in [0.25, 0.3) is 22.6 Å². The summed E-state index contributed by atoms with van der Waals surface area (Å²) < 4.78 is 0.615. The van der Waals surface area contributed by atoms with Crippen molar-refractivity contribution in [1.82, 2.24) is 20.2 Å². The number of nitrogens with zero attached hydrogens (tertiary/aromatic N) is 3. The zero-order valence-corrected chi connectivity index (χ0v) is 10.9. The van der Waals surface area contributed by atoms with Gasteiger partial charge in [0.05, 0.1) is 5.69 Å². The van der Waals surface area contributed by atoms with Crippen LogP contribution in [0.15, 0.2) is 53.4 Å². The van der Waals surface area contributed by atoms with Gasteiger partial charge in [0.15, 0.2) is 10.6 Å². The SMILES string of the molecule is Brc1nc(-c2ccc(-c3ccccc3)nc2)n[nH]1. The lowest BCUT2D eigenvalue weighted by atomic mass is 10.1. The van der Waals surface area contributed by atoms with Crippen molar-refractivity contribution in [2.45, 2.75) is 0 Å². The molecule has 3 aromatic rings. The van der Waals surface area contributed by atoms with Crippen molar-refractivity contribution in [2.24, 2.45) is 0 Å². The number of hydrogen-bond acceptors (Lipinski definition) is 3. The second-order valence-corrected chi connectivity index (χ2v) is 4.50. The zero-order valence-electron chi connectivity index (χ0n) is 9.34. The van der Waals surface area contributed by atoms with Crippen molar-refractivity contribution >= 4 is 15.9 Å². The molecule has 5 heteroatoms. The Balaban J connectivity index is 1.94. The summed E-state index contributed by atoms with van der Waals surface area (Å²) in [4.78, 5) is 8.62. The number of halogens is 1. The average molecular weight is 301 g/mol. The molecule has 0 aliphatic carbocycles. The summed E-state index contributed by atoms with van der Waals surface area (Å²) in [6.45, 7) is 0. The molecule has 1 aromatic carbocycles. The molecule has 0 saturated heterocycles. The first-order chi connectivity index (χ1) is 8.83. The monoisotopic (exact) mass is 300 g/mol. The molecule has 0 amide bonds. The predicted octanol–water partition coefficient (Wildman–Crippen LogP) is 3.30. The number of H-pyrrole nitrogens is 1. The van der Waals surface area contributed by atoms with E-state index in [0.29, 0.717) is 10.6 Å². The molecule has 4 nitrogen and oxygen atoms in total. The van der Waals surface area contributed by atoms with Crippen LogP contribution in [0.4, 0.5) is 0 Å². The Hall–Kier alpha value is -2.01. The summed E-state index contributed by atoms with van der Waals surface area (Å²) in [6.07, 6.45) is 1.78. The second kappa shape index (κ2) is 4.70. The van der Waals surface area contributed by atoms with Gasteiger partial charge in [-0.25, -0.2) is 4.98 Å². The van der Waals surface area contributed by atoms with Crippen molar-refractivity contribution in [2.75, 3.05) is 0 Å². The number of aromatic nitrogens is 4. The highest BCUT2D eigenvalue weighted by Crippen LogP contribution is 2.20. The highest BCUT2D eigenvalue weighted by molar-refractivity contribution is 9.10. The Kier molecular flexibility index (Phi) is 2.90. The molecular weight excluding hydrogens is 292 g/mol. The molecule has 3 rings (SSSR count). The first kappa shape index (κ1) is 11.1. The molecule has 88 valence electrons. The van der Waals surface area contributed by atoms with Crippen LogP contribution in [-0.4, -0.2) is 20.2 Å². The molecule has 0 aliphatic heterocycles. The highest BCUT2D eigenvalue weighted by atomic mass is 79.9. The Morgan fingerprint density at radius 3 is 2.39 bits per heavy atom. The van der Waals surface area contributed by atoms with Crippen molar-refractivity contribution in [3.63, 3.8) is 0 Å². The topological polar surface area (TPSA) is 54.5 Å². The van der Waals surface area contributed by atoms with Crippen LogP contribution in [0.1, 0.15) is 0 Å². The largest absolute Gasteiger partial charge is 0.255 e. The Morgan fingerprint density at radius 2 is 1.78 bits per heavy atom. The third-order valence-electron chi connectivity index (χ3n) is 2.55. The normalized spacial score (nSPS) is 10.5. The van der Waals surface area contributed by atoms with Gasteiger partial charge in [0.2, 0.25) is 0 Å². The molecule has 0 fully saturated rings. The number of rotatable bonds is 2. The average Bonchev–Trinajstić information content (AvgIpc) is 2.87. The number of pyridine rings is 1. The lowest BCUT2D eigenvalue weighted by Gasteiger charge is -2.00. The van der Waals surface area contributed by atoms with Gasteiger partial charge in [-0.15, -0.1) is 0 Å². The van der Waals surface area contributed by atoms with E-state index in [0.717, 1.165) is 16.8 Å². The fourth-order valence-corrected chi connectivity index (χ4v) is 1.93. The molecule has 0 bridgehead atoms. The van der Waals surface area contributed by atoms with Crippen LogP contribution in [-0.2, 0) is 0 Å². The van der Waals surface area contributed by atoms with Crippen LogP contribution < -0.4 is 0 Å². The van der Waals surface area contributed by atoms with E-state index >= 15 is 0 Å². The third kappa shape index (κ3) is 2.17. The fraction of sp³-hybridized carbons (Fsp3) is 0. The van der Waals surface area contributed by atoms with E-state index in [1.165, 1.54) is 0 Å². The summed E-state index contributed by atoms with van der Waals surface area (Å²) in [5.41, 5.74) is 2.92. The van der Waals surface area contributed by atoms with Crippen LogP contribution in [0.3, 0.4) is 0 Å². The lowest BCUT2D eigenvalue weighted by molar-refractivity contribution is 1.07. The van der Waals surface area contributed by atoms with Gasteiger partial charge in [-0.2, -0.15) is 5.10 Å². The second-order valence-electron chi connectivity index (χ2n) is 3.75. The zero-order chi connectivity index (χ0) is 12.4. The molecular formula is C13H9BrN4. The number of hydrogen-bond donors (Lipinski definition) is 1. The van der Waals surface area contributed by atoms with Gasteiger partial charge in [0.1, 0.15) is 0 Å². The van der Waals surface area contributed by atoms with Gasteiger partial charge < -0.3 is 0 Å². The maximum atomic E-state index is 4.43. The summed E-state index contributed by atoms with van der Waals surface area (Å²) >= 11 is 3.23. The third-order valence-corrected chi connectivity index (χ3v) is 2.90. The van der Waals surface area contributed by atoms with Crippen molar-refractivity contribution in [3.05, 3.63) is 53.4 Å². The molecule has 0 aliphatic rings. The van der Waals surface area contributed by atoms with Crippen LogP contribution in [0.5, 0.6) is 0 Å². The Labute approximate surface area is 112 Å². The van der Waals surface area contributed by atoms with Gasteiger partial charge >= 0.3 is 0 Å². The standard InChI is InChI=1S/C13H9BrN4/c14-13-16-12(17-18-13)10-6-7-11(15-8-10)9-4-2-1-3-5-9/h1-8H,(H,16,17,18). The van der Waals surface area contributed by atoms with E-state index in [-0.39, 0.29) is 0 Å². The van der Waals surface area contributed by atoms with E-state index in [4.69, 9.17) is 0 Å². The highest BCUT2D eigenvalue weighted by Gasteiger charge is 2.05. The van der Waals surface area contributed by atoms with Crippen LogP contribution in [0, 0.1) is 0 Å². The summed E-state index contributed by atoms with van der Waals surface area (Å²) in [7, 11) is 0. The Morgan fingerprint density at radius 1 is 0.944 bits per heavy atom. The lowest BCUT2D eigenvalue weighted by Crippen LogP contribution is -1.86. The molecule has 18 heavy (non-hydrogen) atoms. The first-order valence-electron chi connectivity index (χ1n) is 5.43. The predicted molar refractivity (Wildman–Crippen MR) is 72.7 cm³/mol. The smallest absolute Gasteiger partial charge is 0.193 e. The maximum absolute atomic E-state index is 4.43. The van der Waals surface area contributed by atoms with Crippen LogP contribution >= 0.6 is 15.9 Å². The number of benzene rings is 1. The molecule has 0 atom stereocenters. The fourth-order valence-electron chi connectivity index (χ4n) is 1.68. The number of aromatic amines is 1. The van der Waals surface area contributed by atoms with Crippen LogP contribution in [0.2, 0.25) is 0 Å². The Bertz CT molecular complexity index is 646. The molecule has 0 saturated carbocycles. The van der Waals surface area contributed by atoms with Crippen molar-refractivity contribution in [1.29, 1.82) is 0 Å². The summed E-state index contributed by atoms with van der Waals surface area (Å²) in [5.74, 6) is 0.633. The molecule has 0 spiro atoms. The van der Waals surface area contributed by atoms with E-state index in [1.54, 1.807) is 6.20 Å². The molecule has 2 heterocycles. The van der Waals surface area contributed by atoms with Gasteiger partial charge in [0.25, 0.3) is 0 Å². The molecule has 1 N–H and O–H groups in total. The van der Waals surface area contributed by atoms with Gasteiger partial charge in [-0.1, -0.05) is 30.3 Å². The first-order valence-corrected chi connectivity index (χ1v) is 6.22. The van der Waals surface area contributed by atoms with E-state index < -0.39 is 0 Å². The van der Waals surface area contributed by atoms with E-state index in [9.17, 15) is 0 Å². The van der Waals surface area contributed by atoms with E-state index in [1.807, 2.05) is 42.5 Å². The maximum Gasteiger partial charge on any atom is 0.193 e. The van der Waals surface area contributed by atoms with Gasteiger partial charge in [-0.3, -0.25) is 10.1 Å². The quantitative estimate of drug-likeness (QED) is 0.790. The molecule has 2 aromatic heterocycles. The van der Waals surface area contributed by atoms with Crippen molar-refractivity contribution in [3.8, 4) is 22.6 Å². The minimum Gasteiger partial charge on any atom is -0.255 e. The van der Waals surface area contributed by atoms with Gasteiger partial charge in [0, 0.05) is 17.3 Å². The minimum absolute atomic E-state index is 0.615. The summed E-state index contributed by atoms with van der Waals surface area (Å²) in [6, 6.07) is 14.0. The van der Waals surface area contributed by atoms with E-state index in [2.05, 4.69) is 36.1 Å². The minimum atomic E-state index is 0.615. The number of nitrogens with one attached hydrogen (secondary N) is 1.